The molecule has 1 aliphatic heterocycles. The van der Waals surface area contributed by atoms with E-state index in [4.69, 9.17) is 0 Å². The average Bonchev–Trinajstić information content (AvgIpc) is 3.26. The highest BCUT2D eigenvalue weighted by molar-refractivity contribution is 5.74. The van der Waals surface area contributed by atoms with E-state index in [2.05, 4.69) is 50.7 Å². The first-order valence-corrected chi connectivity index (χ1v) is 10.9. The zero-order valence-electron chi connectivity index (χ0n) is 18.5. The number of aliphatic hydroxyl groups is 1. The van der Waals surface area contributed by atoms with Crippen LogP contribution in [0.2, 0.25) is 0 Å². The lowest BCUT2D eigenvalue weighted by molar-refractivity contribution is 0.176. The molecular weight excluding hydrogens is 406 g/mol. The summed E-state index contributed by atoms with van der Waals surface area (Å²) < 4.78 is 3.23. The van der Waals surface area contributed by atoms with Gasteiger partial charge in [0, 0.05) is 57.2 Å². The van der Waals surface area contributed by atoms with Crippen molar-refractivity contribution < 1.29 is 5.11 Å². The summed E-state index contributed by atoms with van der Waals surface area (Å²) in [7, 11) is 1.71. The molecule has 9 heteroatoms. The van der Waals surface area contributed by atoms with E-state index in [1.165, 1.54) is 10.2 Å². The number of benzene rings is 1. The molecule has 4 aromatic rings. The topological polar surface area (TPSA) is 91.8 Å². The maximum absolute atomic E-state index is 12.6. The molecule has 2 atom stereocenters. The Morgan fingerprint density at radius 3 is 2.69 bits per heavy atom. The zero-order chi connectivity index (χ0) is 22.4. The Morgan fingerprint density at radius 2 is 1.94 bits per heavy atom. The summed E-state index contributed by atoms with van der Waals surface area (Å²) in [6, 6.07) is 8.36. The van der Waals surface area contributed by atoms with Gasteiger partial charge in [-0.15, -0.1) is 0 Å². The fraction of sp³-hybridized carbons (Fsp3) is 0.391. The minimum atomic E-state index is -0.160. The van der Waals surface area contributed by atoms with Crippen LogP contribution in [0.3, 0.4) is 0 Å². The zero-order valence-corrected chi connectivity index (χ0v) is 18.5. The number of aromatic nitrogens is 5. The number of fused-ring (bicyclic) bond motifs is 2. The van der Waals surface area contributed by atoms with E-state index in [9.17, 15) is 9.90 Å². The van der Waals surface area contributed by atoms with Crippen LogP contribution in [-0.4, -0.2) is 59.8 Å². The monoisotopic (exact) mass is 433 g/mol. The van der Waals surface area contributed by atoms with E-state index < -0.39 is 0 Å². The molecule has 0 amide bonds. The van der Waals surface area contributed by atoms with E-state index in [1.54, 1.807) is 36.2 Å². The lowest BCUT2D eigenvalue weighted by atomic mass is 10.0. The van der Waals surface area contributed by atoms with Gasteiger partial charge < -0.3 is 10.0 Å². The second-order valence-electron chi connectivity index (χ2n) is 8.47. The van der Waals surface area contributed by atoms with Crippen LogP contribution in [-0.2, 0) is 13.7 Å². The Kier molecular flexibility index (Phi) is 5.15. The first kappa shape index (κ1) is 20.6. The molecule has 1 aliphatic rings. The number of piperazine rings is 1. The smallest absolute Gasteiger partial charge is 0.267 e. The Morgan fingerprint density at radius 1 is 1.16 bits per heavy atom. The van der Waals surface area contributed by atoms with Gasteiger partial charge in [0.15, 0.2) is 5.65 Å². The van der Waals surface area contributed by atoms with Gasteiger partial charge in [-0.3, -0.25) is 19.7 Å². The van der Waals surface area contributed by atoms with Crippen LogP contribution in [0.25, 0.3) is 16.7 Å². The second kappa shape index (κ2) is 7.99. The third-order valence-corrected chi connectivity index (χ3v) is 6.52. The molecule has 9 nitrogen and oxygen atoms in total. The van der Waals surface area contributed by atoms with E-state index in [0.717, 1.165) is 36.4 Å². The number of aryl methyl sites for hydroxylation is 1. The number of rotatable bonds is 4. The summed E-state index contributed by atoms with van der Waals surface area (Å²) in [5.74, 6) is 0. The molecule has 5 rings (SSSR count). The minimum absolute atomic E-state index is 0.102. The van der Waals surface area contributed by atoms with Crippen LogP contribution in [0.5, 0.6) is 0 Å². The molecule has 32 heavy (non-hydrogen) atoms. The summed E-state index contributed by atoms with van der Waals surface area (Å²) in [6.07, 6.45) is 5.15. The molecule has 0 aliphatic carbocycles. The quantitative estimate of drug-likeness (QED) is 0.524. The van der Waals surface area contributed by atoms with Crippen molar-refractivity contribution in [3.8, 4) is 0 Å². The van der Waals surface area contributed by atoms with Crippen molar-refractivity contribution >= 4 is 22.4 Å². The largest absolute Gasteiger partial charge is 0.390 e. The molecule has 1 fully saturated rings. The number of hydrogen-bond acceptors (Lipinski definition) is 7. The number of anilines is 1. The maximum atomic E-state index is 12.6. The van der Waals surface area contributed by atoms with Gasteiger partial charge in [0.1, 0.15) is 0 Å². The number of imidazole rings is 1. The van der Waals surface area contributed by atoms with Crippen LogP contribution in [0, 0.1) is 0 Å². The van der Waals surface area contributed by atoms with Crippen molar-refractivity contribution in [3.63, 3.8) is 0 Å². The van der Waals surface area contributed by atoms with Crippen molar-refractivity contribution in [1.82, 2.24) is 29.0 Å². The number of aliphatic hydroxyl groups excluding tert-OH is 1. The van der Waals surface area contributed by atoms with Crippen molar-refractivity contribution in [2.75, 3.05) is 24.5 Å². The summed E-state index contributed by atoms with van der Waals surface area (Å²) in [5.41, 5.74) is 4.98. The predicted molar refractivity (Wildman–Crippen MR) is 123 cm³/mol. The maximum Gasteiger partial charge on any atom is 0.267 e. The summed E-state index contributed by atoms with van der Waals surface area (Å²) in [4.78, 5) is 30.6. The van der Waals surface area contributed by atoms with Crippen molar-refractivity contribution in [1.29, 1.82) is 0 Å². The standard InChI is InChI=1S/C23H27N7O2/c1-15-12-28(16(2)17-4-5-19-20(10-17)25-7-6-24-19)8-9-29(15)21-11-22(32)27(3)30-13-18(14-31)26-23(21)30/h4-7,10-11,13,15-16,31H,8-9,12,14H2,1-3H3. The highest BCUT2D eigenvalue weighted by Crippen LogP contribution is 2.29. The van der Waals surface area contributed by atoms with Gasteiger partial charge in [-0.1, -0.05) is 6.07 Å². The third-order valence-electron chi connectivity index (χ3n) is 6.52. The molecule has 166 valence electrons. The second-order valence-corrected chi connectivity index (χ2v) is 8.47. The molecule has 1 N–H and O–H groups in total. The highest BCUT2D eigenvalue weighted by Gasteiger charge is 2.29. The van der Waals surface area contributed by atoms with E-state index >= 15 is 0 Å². The Bertz CT molecular complexity index is 1350. The Labute approximate surface area is 185 Å². The van der Waals surface area contributed by atoms with Gasteiger partial charge in [0.05, 0.1) is 35.2 Å². The molecule has 2 unspecified atom stereocenters. The van der Waals surface area contributed by atoms with Gasteiger partial charge in [0.2, 0.25) is 0 Å². The van der Waals surface area contributed by atoms with E-state index in [-0.39, 0.29) is 24.2 Å². The highest BCUT2D eigenvalue weighted by atomic mass is 16.3. The van der Waals surface area contributed by atoms with Crippen molar-refractivity contribution in [2.45, 2.75) is 32.5 Å². The fourth-order valence-corrected chi connectivity index (χ4v) is 4.64. The lowest BCUT2D eigenvalue weighted by Crippen LogP contribution is -2.53. The molecule has 1 aromatic carbocycles. The number of nitrogens with zero attached hydrogens (tertiary/aromatic N) is 7. The first-order chi connectivity index (χ1) is 15.5. The summed E-state index contributed by atoms with van der Waals surface area (Å²) in [5, 5.41) is 9.53. The Balaban J connectivity index is 1.41. The molecule has 0 saturated carbocycles. The lowest BCUT2D eigenvalue weighted by Gasteiger charge is -2.43. The number of hydrogen-bond donors (Lipinski definition) is 1. The van der Waals surface area contributed by atoms with E-state index in [1.807, 2.05) is 6.07 Å². The van der Waals surface area contributed by atoms with E-state index in [0.29, 0.717) is 11.3 Å². The van der Waals surface area contributed by atoms with Gasteiger partial charge in [-0.2, -0.15) is 0 Å². The van der Waals surface area contributed by atoms with Crippen LogP contribution >= 0.6 is 0 Å². The molecule has 4 heterocycles. The SMILES string of the molecule is CC(c1ccc2nccnc2c1)N1CCN(c2cc(=O)n(C)n3cc(CO)nc23)C(C)C1. The van der Waals surface area contributed by atoms with Crippen LogP contribution in [0.15, 0.2) is 47.7 Å². The molecule has 0 radical (unpaired) electrons. The molecule has 0 spiro atoms. The van der Waals surface area contributed by atoms with Crippen LogP contribution < -0.4 is 10.5 Å². The van der Waals surface area contributed by atoms with Crippen molar-refractivity contribution in [2.24, 2.45) is 7.05 Å². The van der Waals surface area contributed by atoms with Crippen LogP contribution in [0.1, 0.15) is 31.1 Å². The molecule has 1 saturated heterocycles. The van der Waals surface area contributed by atoms with Gasteiger partial charge in [-0.05, 0) is 31.5 Å². The predicted octanol–water partition coefficient (Wildman–Crippen LogP) is 1.74. The van der Waals surface area contributed by atoms with Gasteiger partial charge >= 0.3 is 0 Å². The fourth-order valence-electron chi connectivity index (χ4n) is 4.64. The molecule has 0 bridgehead atoms. The van der Waals surface area contributed by atoms with Crippen molar-refractivity contribution in [3.05, 3.63) is 64.5 Å². The summed E-state index contributed by atoms with van der Waals surface area (Å²) in [6.45, 7) is 6.73. The first-order valence-electron chi connectivity index (χ1n) is 10.9. The molecular formula is C23H27N7O2. The van der Waals surface area contributed by atoms with Crippen LogP contribution in [0.4, 0.5) is 5.69 Å². The average molecular weight is 434 g/mol. The summed E-state index contributed by atoms with van der Waals surface area (Å²) >= 11 is 0. The minimum Gasteiger partial charge on any atom is -0.390 e. The normalized spacial score (nSPS) is 18.5. The Hall–Kier alpha value is -3.30. The third kappa shape index (κ3) is 3.43. The van der Waals surface area contributed by atoms with Gasteiger partial charge in [0.25, 0.3) is 5.56 Å². The molecule has 3 aromatic heterocycles. The van der Waals surface area contributed by atoms with Gasteiger partial charge in [-0.25, -0.2) is 14.2 Å².